The first-order chi connectivity index (χ1) is 41.3. The van der Waals surface area contributed by atoms with Crippen molar-refractivity contribution in [1.29, 1.82) is 0 Å². The van der Waals surface area contributed by atoms with Gasteiger partial charge in [0, 0.05) is 123 Å². The van der Waals surface area contributed by atoms with Crippen molar-refractivity contribution in [3.63, 3.8) is 0 Å². The molecule has 11 heterocycles. The third-order valence-corrected chi connectivity index (χ3v) is 9.35. The van der Waals surface area contributed by atoms with Gasteiger partial charge in [-0.05, 0) is 171 Å². The number of pyridine rings is 5. The van der Waals surface area contributed by atoms with Gasteiger partial charge in [0.1, 0.15) is 24.6 Å². The zero-order valence-corrected chi connectivity index (χ0v) is 56.1. The summed E-state index contributed by atoms with van der Waals surface area (Å²) in [6, 6.07) is 29.1. The van der Waals surface area contributed by atoms with E-state index in [1.165, 1.54) is 33.8 Å². The number of oxime groups is 1. The van der Waals surface area contributed by atoms with Gasteiger partial charge in [0.25, 0.3) is 0 Å². The molecule has 0 radical (unpaired) electrons. The van der Waals surface area contributed by atoms with Crippen LogP contribution in [0.25, 0.3) is 0 Å². The van der Waals surface area contributed by atoms with Gasteiger partial charge in [-0.25, -0.2) is 29.9 Å². The summed E-state index contributed by atoms with van der Waals surface area (Å²) >= 11 is 1.85. The summed E-state index contributed by atoms with van der Waals surface area (Å²) < 4.78 is 0. The molecule has 17 heteroatoms. The van der Waals surface area contributed by atoms with Crippen molar-refractivity contribution in [2.45, 2.75) is 152 Å². The largest absolute Gasteiger partial charge is 0.395 e. The van der Waals surface area contributed by atoms with Gasteiger partial charge in [-0.15, -0.1) is 11.8 Å². The summed E-state index contributed by atoms with van der Waals surface area (Å²) in [5, 5.41) is 12.1. The summed E-state index contributed by atoms with van der Waals surface area (Å²) in [6.07, 6.45) is 30.7. The van der Waals surface area contributed by atoms with Crippen molar-refractivity contribution >= 4 is 22.5 Å². The zero-order chi connectivity index (χ0) is 64.8. The Labute approximate surface area is 518 Å². The van der Waals surface area contributed by atoms with Gasteiger partial charge in [-0.1, -0.05) is 98.7 Å². The quantitative estimate of drug-likeness (QED) is 0.139. The highest BCUT2D eigenvalue weighted by atomic mass is 32.2. The second kappa shape index (κ2) is 69.8. The lowest BCUT2D eigenvalue weighted by atomic mass is 10.3. The molecule has 2 aliphatic rings. The number of aromatic nitrogens is 13. The Morgan fingerprint density at radius 1 is 0.353 bits per heavy atom. The number of aryl methyl sites for hydroxylation is 9. The number of hydrogen-bond acceptors (Lipinski definition) is 17. The predicted octanol–water partition coefficient (Wildman–Crippen LogP) is 17.2. The molecule has 9 aromatic rings. The maximum absolute atomic E-state index is 4.64. The van der Waals surface area contributed by atoms with Gasteiger partial charge in [-0.2, -0.15) is 10.2 Å². The van der Waals surface area contributed by atoms with E-state index in [1.54, 1.807) is 98.9 Å². The Hall–Kier alpha value is -8.44. The van der Waals surface area contributed by atoms with Crippen LogP contribution in [-0.2, 0) is 4.84 Å². The van der Waals surface area contributed by atoms with Crippen LogP contribution in [0.2, 0.25) is 0 Å². The first kappa shape index (κ1) is 85.4. The fourth-order valence-corrected chi connectivity index (χ4v) is 5.19. The molecule has 0 N–H and O–H groups in total. The third kappa shape index (κ3) is 68.0. The number of thioether (sulfide) groups is 1. The van der Waals surface area contributed by atoms with E-state index in [2.05, 4.69) is 86.9 Å². The molecule has 16 nitrogen and oxygen atoms in total. The molecule has 0 spiro atoms. The van der Waals surface area contributed by atoms with Crippen LogP contribution in [-0.4, -0.2) is 94.7 Å². The minimum atomic E-state index is 0.784. The Bertz CT molecular complexity index is 2140. The molecule has 0 bridgehead atoms. The van der Waals surface area contributed by atoms with Crippen LogP contribution in [0.3, 0.4) is 0 Å². The Balaban J connectivity index is -0.000000272. The molecule has 0 aromatic carbocycles. The van der Waals surface area contributed by atoms with E-state index >= 15 is 0 Å². The smallest absolute Gasteiger partial charge is 0.125 e. The Kier molecular flexibility index (Phi) is 70.1. The molecule has 2 aliphatic heterocycles. The molecule has 0 fully saturated rings. The average molecular weight is 1180 g/mol. The van der Waals surface area contributed by atoms with E-state index in [1.807, 2.05) is 241 Å². The minimum absolute atomic E-state index is 0.784. The molecule has 85 heavy (non-hydrogen) atoms. The van der Waals surface area contributed by atoms with E-state index in [-0.39, 0.29) is 0 Å². The maximum Gasteiger partial charge on any atom is 0.125 e. The maximum atomic E-state index is 4.64. The molecule has 0 atom stereocenters. The SMILES string of the molecule is CC.CC.CC.CC.CC.CC1=NCCS1.CC1=NOCC1.Cc1ccccn1.Cc1ccccn1.Cc1cccnc1.Cc1cccnc1.Cc1ccncc1.Cc1ccnnc1.Cc1cncnc1.Cc1ncccn1.Cc1ncccn1. The standard InChI is InChI=1S/5C6H7N.4C5H6N2.C4H7NO.C4H7NS.5C2H6/c1-6-2-4-7-5-3-6;2*1-6-3-2-4-7-5-6;2*1-6-4-2-3-5-7-6;1-5-2-6-4-7-3-5;1-5-2-3-6-7-4-5;2*1-5-6-3-2-4-7-5;1-4-2-3-6-5-4;1-4-5-2-3-6-4;5*1-2/h5*2-5H,1H3;4*2-4H,1H3;2*2-3H2,1H3;5*1-2H3. The van der Waals surface area contributed by atoms with Crippen LogP contribution in [0.4, 0.5) is 0 Å². The minimum Gasteiger partial charge on any atom is -0.395 e. The van der Waals surface area contributed by atoms with Gasteiger partial charge in [0.05, 0.1) is 17.0 Å². The number of hydrogen-bond donors (Lipinski definition) is 0. The molecule has 11 rings (SSSR count). The average Bonchev–Trinajstić information content (AvgIpc) is 4.26. The topological polar surface area (TPSA) is 202 Å². The van der Waals surface area contributed by atoms with Crippen molar-refractivity contribution < 1.29 is 4.84 Å². The predicted molar refractivity (Wildman–Crippen MR) is 363 cm³/mol. The summed E-state index contributed by atoms with van der Waals surface area (Å²) in [7, 11) is 0. The van der Waals surface area contributed by atoms with Gasteiger partial charge in [-0.3, -0.25) is 29.9 Å². The third-order valence-electron chi connectivity index (χ3n) is 8.42. The fourth-order valence-electron chi connectivity index (χ4n) is 4.53. The van der Waals surface area contributed by atoms with Crippen LogP contribution < -0.4 is 0 Å². The monoisotopic (exact) mass is 1180 g/mol. The highest BCUT2D eigenvalue weighted by Crippen LogP contribution is 2.09. The van der Waals surface area contributed by atoms with Crippen molar-refractivity contribution in [1.82, 2.24) is 65.0 Å². The normalized spacial score (nSPS) is 9.71. The van der Waals surface area contributed by atoms with Crippen LogP contribution in [0.5, 0.6) is 0 Å². The van der Waals surface area contributed by atoms with E-state index in [0.717, 1.165) is 59.4 Å². The van der Waals surface area contributed by atoms with E-state index in [4.69, 9.17) is 0 Å². The molecule has 0 saturated carbocycles. The molecular weight excluding hydrogens is 1070 g/mol. The Morgan fingerprint density at radius 3 is 0.941 bits per heavy atom. The summed E-state index contributed by atoms with van der Waals surface area (Å²) in [6.45, 7) is 43.5. The first-order valence-corrected chi connectivity index (χ1v) is 29.9. The number of aliphatic imine (C=N–C) groups is 1. The van der Waals surface area contributed by atoms with Gasteiger partial charge >= 0.3 is 0 Å². The van der Waals surface area contributed by atoms with Crippen molar-refractivity contribution in [3.05, 3.63) is 247 Å². The lowest BCUT2D eigenvalue weighted by Gasteiger charge is -1.82. The van der Waals surface area contributed by atoms with Gasteiger partial charge in [0.15, 0.2) is 0 Å². The molecule has 0 saturated heterocycles. The zero-order valence-electron chi connectivity index (χ0n) is 55.3. The molecule has 0 aliphatic carbocycles. The van der Waals surface area contributed by atoms with Gasteiger partial charge in [0.2, 0.25) is 0 Å². The van der Waals surface area contributed by atoms with Crippen LogP contribution >= 0.6 is 11.8 Å². The molecule has 0 amide bonds. The van der Waals surface area contributed by atoms with Crippen LogP contribution in [0.1, 0.15) is 140 Å². The lowest BCUT2D eigenvalue weighted by molar-refractivity contribution is 0.173. The second-order valence-electron chi connectivity index (χ2n) is 15.6. The van der Waals surface area contributed by atoms with Crippen LogP contribution in [0, 0.1) is 62.3 Å². The van der Waals surface area contributed by atoms with Crippen molar-refractivity contribution in [2.24, 2.45) is 10.1 Å². The summed E-state index contributed by atoms with van der Waals surface area (Å²) in [5.41, 5.74) is 9.18. The number of nitrogens with zero attached hydrogens (tertiary/aromatic N) is 15. The molecule has 9 aromatic heterocycles. The van der Waals surface area contributed by atoms with Crippen molar-refractivity contribution in [3.8, 4) is 0 Å². The Morgan fingerprint density at radius 2 is 0.776 bits per heavy atom. The molecular formula is C68H103N15OS. The molecule has 0 unspecified atom stereocenters. The number of rotatable bonds is 0. The van der Waals surface area contributed by atoms with Gasteiger partial charge < -0.3 is 4.84 Å². The van der Waals surface area contributed by atoms with Crippen molar-refractivity contribution in [2.75, 3.05) is 18.9 Å². The van der Waals surface area contributed by atoms with E-state index < -0.39 is 0 Å². The second-order valence-corrected chi connectivity index (χ2v) is 16.9. The van der Waals surface area contributed by atoms with E-state index in [0.29, 0.717) is 0 Å². The summed E-state index contributed by atoms with van der Waals surface area (Å²) in [5.74, 6) is 2.84. The highest BCUT2D eigenvalue weighted by Gasteiger charge is 1.98. The lowest BCUT2D eigenvalue weighted by Crippen LogP contribution is -1.82. The highest BCUT2D eigenvalue weighted by molar-refractivity contribution is 8.14. The summed E-state index contributed by atoms with van der Waals surface area (Å²) in [4.78, 5) is 51.4. The first-order valence-electron chi connectivity index (χ1n) is 28.9. The fraction of sp³-hybridized carbons (Fsp3) is 0.368. The van der Waals surface area contributed by atoms with Crippen LogP contribution in [0.15, 0.2) is 207 Å². The molecule has 462 valence electrons. The van der Waals surface area contributed by atoms with E-state index in [9.17, 15) is 0 Å².